The van der Waals surface area contributed by atoms with E-state index in [2.05, 4.69) is 15.5 Å². The number of aryl methyl sites for hydroxylation is 1. The average molecular weight is 257 g/mol. The Balaban J connectivity index is 1.96. The van der Waals surface area contributed by atoms with Crippen LogP contribution >= 0.6 is 0 Å². The van der Waals surface area contributed by atoms with Gasteiger partial charge in [-0.15, -0.1) is 0 Å². The molecular weight excluding hydrogens is 242 g/mol. The van der Waals surface area contributed by atoms with E-state index in [0.717, 1.165) is 22.4 Å². The molecule has 2 aromatic heterocycles. The van der Waals surface area contributed by atoms with Crippen molar-refractivity contribution in [3.8, 4) is 0 Å². The molecule has 0 aliphatic carbocycles. The highest BCUT2D eigenvalue weighted by molar-refractivity contribution is 5.81. The summed E-state index contributed by atoms with van der Waals surface area (Å²) in [5.41, 5.74) is 4.71. The van der Waals surface area contributed by atoms with Crippen LogP contribution in [0, 0.1) is 0 Å². The fourth-order valence-corrected chi connectivity index (χ4v) is 2.21. The molecule has 0 amide bonds. The predicted octanol–water partition coefficient (Wildman–Crippen LogP) is 1.31. The van der Waals surface area contributed by atoms with E-state index in [-0.39, 0.29) is 6.04 Å². The molecule has 3 N–H and O–H groups in total. The number of para-hydroxylation sites is 1. The van der Waals surface area contributed by atoms with Gasteiger partial charge in [-0.25, -0.2) is 4.98 Å². The van der Waals surface area contributed by atoms with E-state index in [1.165, 1.54) is 6.33 Å². The standard InChI is InChI=1S/C13H15N5O/c1-18-13(15-8-16-18)6-11(17-14)10-7-19-12-5-3-2-4-9(10)12/h2-5,7-8,11,17H,6,14H2,1H3. The van der Waals surface area contributed by atoms with Gasteiger partial charge in [0.05, 0.1) is 12.3 Å². The van der Waals surface area contributed by atoms with Crippen molar-refractivity contribution in [1.82, 2.24) is 20.2 Å². The number of nitrogens with one attached hydrogen (secondary N) is 1. The second kappa shape index (κ2) is 4.83. The molecule has 0 aliphatic rings. The predicted molar refractivity (Wildman–Crippen MR) is 71.0 cm³/mol. The van der Waals surface area contributed by atoms with Crippen molar-refractivity contribution in [2.24, 2.45) is 12.9 Å². The third-order valence-electron chi connectivity index (χ3n) is 3.28. The monoisotopic (exact) mass is 257 g/mol. The summed E-state index contributed by atoms with van der Waals surface area (Å²) in [6.45, 7) is 0. The summed E-state index contributed by atoms with van der Waals surface area (Å²) >= 11 is 0. The molecule has 0 saturated heterocycles. The zero-order valence-electron chi connectivity index (χ0n) is 10.6. The maximum atomic E-state index is 5.67. The maximum absolute atomic E-state index is 5.67. The molecule has 0 bridgehead atoms. The van der Waals surface area contributed by atoms with Gasteiger partial charge in [-0.3, -0.25) is 16.0 Å². The van der Waals surface area contributed by atoms with Gasteiger partial charge in [0.15, 0.2) is 0 Å². The van der Waals surface area contributed by atoms with Gasteiger partial charge in [0.25, 0.3) is 0 Å². The first-order valence-corrected chi connectivity index (χ1v) is 6.04. The van der Waals surface area contributed by atoms with Gasteiger partial charge in [0.1, 0.15) is 17.7 Å². The summed E-state index contributed by atoms with van der Waals surface area (Å²) in [5.74, 6) is 6.54. The Labute approximate surface area is 110 Å². The van der Waals surface area contributed by atoms with Crippen LogP contribution in [0.1, 0.15) is 17.4 Å². The van der Waals surface area contributed by atoms with Crippen molar-refractivity contribution in [3.05, 3.63) is 48.2 Å². The lowest BCUT2D eigenvalue weighted by atomic mass is 10.0. The number of nitrogens with two attached hydrogens (primary N) is 1. The number of hydrogen-bond donors (Lipinski definition) is 2. The van der Waals surface area contributed by atoms with Crippen LogP contribution in [-0.2, 0) is 13.5 Å². The minimum atomic E-state index is -0.0634. The summed E-state index contributed by atoms with van der Waals surface area (Å²) < 4.78 is 7.29. The minimum Gasteiger partial charge on any atom is -0.464 e. The van der Waals surface area contributed by atoms with Crippen LogP contribution in [0.2, 0.25) is 0 Å². The summed E-state index contributed by atoms with van der Waals surface area (Å²) in [4.78, 5) is 4.22. The van der Waals surface area contributed by atoms with Gasteiger partial charge in [0, 0.05) is 24.4 Å². The average Bonchev–Trinajstić information content (AvgIpc) is 3.03. The fraction of sp³-hybridized carbons (Fsp3) is 0.231. The van der Waals surface area contributed by atoms with Crippen molar-refractivity contribution in [3.63, 3.8) is 0 Å². The van der Waals surface area contributed by atoms with Gasteiger partial charge in [-0.1, -0.05) is 18.2 Å². The molecular formula is C13H15N5O. The third-order valence-corrected chi connectivity index (χ3v) is 3.28. The van der Waals surface area contributed by atoms with Crippen molar-refractivity contribution >= 4 is 11.0 Å². The van der Waals surface area contributed by atoms with Gasteiger partial charge >= 0.3 is 0 Å². The fourth-order valence-electron chi connectivity index (χ4n) is 2.21. The normalized spacial score (nSPS) is 12.9. The number of rotatable bonds is 4. The molecule has 3 aromatic rings. The number of fused-ring (bicyclic) bond motifs is 1. The zero-order chi connectivity index (χ0) is 13.2. The number of furan rings is 1. The van der Waals surface area contributed by atoms with E-state index in [4.69, 9.17) is 10.3 Å². The van der Waals surface area contributed by atoms with Crippen LogP contribution in [0.5, 0.6) is 0 Å². The van der Waals surface area contributed by atoms with E-state index in [1.54, 1.807) is 10.9 Å². The highest BCUT2D eigenvalue weighted by Crippen LogP contribution is 2.27. The first kappa shape index (κ1) is 11.9. The van der Waals surface area contributed by atoms with Crippen LogP contribution in [-0.4, -0.2) is 14.8 Å². The molecule has 1 aromatic carbocycles. The molecule has 0 aliphatic heterocycles. The number of aromatic nitrogens is 3. The smallest absolute Gasteiger partial charge is 0.138 e. The zero-order valence-corrected chi connectivity index (χ0v) is 10.6. The van der Waals surface area contributed by atoms with Crippen LogP contribution < -0.4 is 11.3 Å². The number of hydrazine groups is 1. The van der Waals surface area contributed by atoms with Crippen molar-refractivity contribution < 1.29 is 4.42 Å². The summed E-state index contributed by atoms with van der Waals surface area (Å²) in [6, 6.07) is 7.83. The Morgan fingerprint density at radius 1 is 1.42 bits per heavy atom. The number of nitrogens with zero attached hydrogens (tertiary/aromatic N) is 3. The van der Waals surface area contributed by atoms with Crippen molar-refractivity contribution in [2.45, 2.75) is 12.5 Å². The molecule has 2 heterocycles. The molecule has 19 heavy (non-hydrogen) atoms. The van der Waals surface area contributed by atoms with Crippen LogP contribution in [0.4, 0.5) is 0 Å². The van der Waals surface area contributed by atoms with Gasteiger partial charge in [0.2, 0.25) is 0 Å². The molecule has 0 saturated carbocycles. The first-order chi connectivity index (χ1) is 9.29. The highest BCUT2D eigenvalue weighted by Gasteiger charge is 2.18. The van der Waals surface area contributed by atoms with E-state index in [9.17, 15) is 0 Å². The Morgan fingerprint density at radius 3 is 3.00 bits per heavy atom. The van der Waals surface area contributed by atoms with Gasteiger partial charge in [-0.05, 0) is 6.07 Å². The number of benzene rings is 1. The molecule has 98 valence electrons. The Kier molecular flexibility index (Phi) is 3.02. The largest absolute Gasteiger partial charge is 0.464 e. The molecule has 0 fully saturated rings. The van der Waals surface area contributed by atoms with E-state index < -0.39 is 0 Å². The Morgan fingerprint density at radius 2 is 2.26 bits per heavy atom. The minimum absolute atomic E-state index is 0.0634. The van der Waals surface area contributed by atoms with Crippen molar-refractivity contribution in [1.29, 1.82) is 0 Å². The first-order valence-electron chi connectivity index (χ1n) is 6.04. The van der Waals surface area contributed by atoms with E-state index >= 15 is 0 Å². The SMILES string of the molecule is Cn1ncnc1CC(NN)c1coc2ccccc12. The van der Waals surface area contributed by atoms with Gasteiger partial charge < -0.3 is 4.42 Å². The molecule has 0 spiro atoms. The second-order valence-corrected chi connectivity index (χ2v) is 4.41. The Hall–Kier alpha value is -2.18. The molecule has 6 heteroatoms. The molecule has 0 radical (unpaired) electrons. The van der Waals surface area contributed by atoms with Crippen LogP contribution in [0.15, 0.2) is 41.3 Å². The van der Waals surface area contributed by atoms with Crippen LogP contribution in [0.3, 0.4) is 0 Å². The lowest BCUT2D eigenvalue weighted by molar-refractivity contribution is 0.514. The van der Waals surface area contributed by atoms with Gasteiger partial charge in [-0.2, -0.15) is 5.10 Å². The number of hydrogen-bond acceptors (Lipinski definition) is 5. The Bertz CT molecular complexity index is 687. The third kappa shape index (κ3) is 2.11. The summed E-state index contributed by atoms with van der Waals surface area (Å²) in [5, 5.41) is 5.12. The summed E-state index contributed by atoms with van der Waals surface area (Å²) in [6.07, 6.45) is 3.93. The molecule has 6 nitrogen and oxygen atoms in total. The molecule has 3 rings (SSSR count). The molecule has 1 atom stereocenters. The van der Waals surface area contributed by atoms with Crippen molar-refractivity contribution in [2.75, 3.05) is 0 Å². The lowest BCUT2D eigenvalue weighted by Crippen LogP contribution is -2.30. The maximum Gasteiger partial charge on any atom is 0.138 e. The second-order valence-electron chi connectivity index (χ2n) is 4.41. The summed E-state index contributed by atoms with van der Waals surface area (Å²) in [7, 11) is 1.86. The lowest BCUT2D eigenvalue weighted by Gasteiger charge is -2.13. The topological polar surface area (TPSA) is 81.9 Å². The molecule has 1 unspecified atom stereocenters. The van der Waals surface area contributed by atoms with E-state index in [0.29, 0.717) is 6.42 Å². The van der Waals surface area contributed by atoms with E-state index in [1.807, 2.05) is 31.3 Å². The highest BCUT2D eigenvalue weighted by atomic mass is 16.3. The quantitative estimate of drug-likeness (QED) is 0.544. The van der Waals surface area contributed by atoms with Crippen LogP contribution in [0.25, 0.3) is 11.0 Å².